The lowest BCUT2D eigenvalue weighted by Gasteiger charge is -2.09. The van der Waals surface area contributed by atoms with Crippen molar-refractivity contribution < 1.29 is 13.2 Å². The van der Waals surface area contributed by atoms with Gasteiger partial charge >= 0.3 is 0 Å². The Hall–Kier alpha value is -2.78. The van der Waals surface area contributed by atoms with Gasteiger partial charge in [-0.05, 0) is 36.8 Å². The van der Waals surface area contributed by atoms with Crippen LogP contribution in [0.15, 0.2) is 59.5 Å². The maximum atomic E-state index is 12.5. The molecule has 0 aliphatic carbocycles. The highest BCUT2D eigenvalue weighted by Gasteiger charge is 2.15. The van der Waals surface area contributed by atoms with Gasteiger partial charge in [0.25, 0.3) is 15.9 Å². The third-order valence-electron chi connectivity index (χ3n) is 4.11. The number of nitrogens with zero attached hydrogens (tertiary/aromatic N) is 2. The van der Waals surface area contributed by atoms with Gasteiger partial charge in [-0.15, -0.1) is 10.2 Å². The fourth-order valence-electron chi connectivity index (χ4n) is 2.64. The van der Waals surface area contributed by atoms with E-state index in [4.69, 9.17) is 0 Å². The van der Waals surface area contributed by atoms with Crippen LogP contribution in [-0.2, 0) is 16.4 Å². The van der Waals surface area contributed by atoms with Gasteiger partial charge in [0.1, 0.15) is 5.01 Å². The minimum atomic E-state index is -3.72. The topological polar surface area (TPSA) is 101 Å². The van der Waals surface area contributed by atoms with Gasteiger partial charge in [-0.2, -0.15) is 0 Å². The average molecular weight is 431 g/mol. The fraction of sp³-hybridized carbons (Fsp3) is 0.250. The summed E-state index contributed by atoms with van der Waals surface area (Å²) in [6, 6.07) is 14.4. The molecule has 3 aromatic rings. The molecule has 0 unspecified atom stereocenters. The molecule has 9 heteroatoms. The van der Waals surface area contributed by atoms with Crippen LogP contribution in [0.25, 0.3) is 0 Å². The van der Waals surface area contributed by atoms with Crippen molar-refractivity contribution in [3.8, 4) is 0 Å². The second-order valence-corrected chi connectivity index (χ2v) is 9.16. The minimum Gasteiger partial charge on any atom is -0.296 e. The van der Waals surface area contributed by atoms with E-state index < -0.39 is 10.0 Å². The Kier molecular flexibility index (Phi) is 6.95. The number of hydrogen-bond acceptors (Lipinski definition) is 6. The maximum absolute atomic E-state index is 12.5. The molecule has 29 heavy (non-hydrogen) atoms. The van der Waals surface area contributed by atoms with Crippen molar-refractivity contribution in [3.63, 3.8) is 0 Å². The molecule has 0 bridgehead atoms. The summed E-state index contributed by atoms with van der Waals surface area (Å²) in [7, 11) is -3.72. The van der Waals surface area contributed by atoms with Gasteiger partial charge in [0.15, 0.2) is 0 Å². The Bertz CT molecular complexity index is 1070. The highest BCUT2D eigenvalue weighted by molar-refractivity contribution is 7.92. The second kappa shape index (κ2) is 9.62. The third kappa shape index (κ3) is 5.85. The van der Waals surface area contributed by atoms with Gasteiger partial charge in [-0.1, -0.05) is 55.4 Å². The van der Waals surface area contributed by atoms with Crippen molar-refractivity contribution >= 4 is 38.1 Å². The Morgan fingerprint density at radius 1 is 1.03 bits per heavy atom. The first-order valence-corrected chi connectivity index (χ1v) is 11.6. The first kappa shape index (κ1) is 20.9. The molecule has 1 heterocycles. The van der Waals surface area contributed by atoms with Gasteiger partial charge in [0.2, 0.25) is 5.13 Å². The molecular weight excluding hydrogens is 408 g/mol. The zero-order valence-corrected chi connectivity index (χ0v) is 17.6. The summed E-state index contributed by atoms with van der Waals surface area (Å²) in [6.45, 7) is 2.14. The van der Waals surface area contributed by atoms with Crippen LogP contribution in [0.2, 0.25) is 0 Å². The Balaban J connectivity index is 1.67. The lowest BCUT2D eigenvalue weighted by molar-refractivity contribution is 0.102. The summed E-state index contributed by atoms with van der Waals surface area (Å²) in [5.74, 6) is -0.373. The number of hydrogen-bond donors (Lipinski definition) is 2. The molecule has 0 aliphatic rings. The van der Waals surface area contributed by atoms with E-state index >= 15 is 0 Å². The summed E-state index contributed by atoms with van der Waals surface area (Å²) < 4.78 is 27.4. The lowest BCUT2D eigenvalue weighted by Crippen LogP contribution is -2.15. The molecule has 152 valence electrons. The number of sulfonamides is 1. The van der Waals surface area contributed by atoms with Gasteiger partial charge in [-0.25, -0.2) is 8.42 Å². The molecule has 7 nitrogen and oxygen atoms in total. The van der Waals surface area contributed by atoms with Gasteiger partial charge in [-0.3, -0.25) is 14.8 Å². The molecule has 0 atom stereocenters. The number of anilines is 2. The zero-order valence-electron chi connectivity index (χ0n) is 16.0. The van der Waals surface area contributed by atoms with Gasteiger partial charge in [0, 0.05) is 17.7 Å². The first-order chi connectivity index (χ1) is 14.0. The standard InChI is InChI=1S/C20H22N4O3S2/c1-2-3-5-13-18-22-23-20(28-18)21-19(25)15-9-8-10-16(14-15)24-29(26,27)17-11-6-4-7-12-17/h4,6-12,14,24H,2-3,5,13H2,1H3,(H,21,23,25). The molecule has 2 aromatic carbocycles. The van der Waals surface area contributed by atoms with Gasteiger partial charge < -0.3 is 0 Å². The molecular formula is C20H22N4O3S2. The molecule has 0 spiro atoms. The van der Waals surface area contributed by atoms with E-state index in [1.54, 1.807) is 36.4 Å². The molecule has 0 fully saturated rings. The Morgan fingerprint density at radius 2 is 1.83 bits per heavy atom. The number of aromatic nitrogens is 2. The number of aryl methyl sites for hydroxylation is 1. The Labute approximate surface area is 174 Å². The highest BCUT2D eigenvalue weighted by Crippen LogP contribution is 2.20. The van der Waals surface area contributed by atoms with Crippen LogP contribution in [0, 0.1) is 0 Å². The maximum Gasteiger partial charge on any atom is 0.261 e. The highest BCUT2D eigenvalue weighted by atomic mass is 32.2. The van der Waals surface area contributed by atoms with Crippen LogP contribution in [0.5, 0.6) is 0 Å². The van der Waals surface area contributed by atoms with Crippen molar-refractivity contribution in [2.24, 2.45) is 0 Å². The molecule has 1 aromatic heterocycles. The van der Waals surface area contributed by atoms with E-state index in [0.717, 1.165) is 30.7 Å². The van der Waals surface area contributed by atoms with Crippen LogP contribution in [0.4, 0.5) is 10.8 Å². The van der Waals surface area contributed by atoms with E-state index in [2.05, 4.69) is 27.2 Å². The van der Waals surface area contributed by atoms with Crippen molar-refractivity contribution in [2.45, 2.75) is 37.5 Å². The SMILES string of the molecule is CCCCCc1nnc(NC(=O)c2cccc(NS(=O)(=O)c3ccccc3)c2)s1. The largest absolute Gasteiger partial charge is 0.296 e. The van der Waals surface area contributed by atoms with E-state index in [0.29, 0.717) is 16.4 Å². The number of carbonyl (C=O) groups excluding carboxylic acids is 1. The molecule has 2 N–H and O–H groups in total. The number of unbranched alkanes of at least 4 members (excludes halogenated alkanes) is 2. The monoisotopic (exact) mass is 430 g/mol. The van der Waals surface area contributed by atoms with E-state index in [9.17, 15) is 13.2 Å². The summed E-state index contributed by atoms with van der Waals surface area (Å²) in [6.07, 6.45) is 4.15. The van der Waals surface area contributed by atoms with Crippen LogP contribution in [0.3, 0.4) is 0 Å². The second-order valence-electron chi connectivity index (χ2n) is 6.41. The van der Waals surface area contributed by atoms with Crippen LogP contribution in [-0.4, -0.2) is 24.5 Å². The zero-order chi connectivity index (χ0) is 20.7. The fourth-order valence-corrected chi connectivity index (χ4v) is 4.49. The summed E-state index contributed by atoms with van der Waals surface area (Å²) in [5, 5.41) is 12.1. The smallest absolute Gasteiger partial charge is 0.261 e. The average Bonchev–Trinajstić information content (AvgIpc) is 3.16. The number of carbonyl (C=O) groups is 1. The number of benzene rings is 2. The van der Waals surface area contributed by atoms with E-state index in [1.165, 1.54) is 29.5 Å². The third-order valence-corrected chi connectivity index (χ3v) is 6.41. The molecule has 3 rings (SSSR count). The predicted octanol–water partition coefficient (Wildman–Crippen LogP) is 4.32. The minimum absolute atomic E-state index is 0.152. The predicted molar refractivity (Wildman–Crippen MR) is 115 cm³/mol. The first-order valence-electron chi connectivity index (χ1n) is 9.29. The number of rotatable bonds is 9. The quantitative estimate of drug-likeness (QED) is 0.492. The summed E-state index contributed by atoms with van der Waals surface area (Å²) in [4.78, 5) is 12.7. The number of amides is 1. The van der Waals surface area contributed by atoms with Gasteiger partial charge in [0.05, 0.1) is 4.90 Å². The Morgan fingerprint density at radius 3 is 2.59 bits per heavy atom. The van der Waals surface area contributed by atoms with Crippen LogP contribution >= 0.6 is 11.3 Å². The molecule has 0 aliphatic heterocycles. The van der Waals surface area contributed by atoms with E-state index in [-0.39, 0.29) is 10.8 Å². The normalized spacial score (nSPS) is 11.2. The van der Waals surface area contributed by atoms with Crippen LogP contribution in [0.1, 0.15) is 41.6 Å². The number of nitrogens with one attached hydrogen (secondary N) is 2. The van der Waals surface area contributed by atoms with Crippen molar-refractivity contribution in [1.29, 1.82) is 0 Å². The molecule has 0 saturated heterocycles. The lowest BCUT2D eigenvalue weighted by atomic mass is 10.2. The summed E-state index contributed by atoms with van der Waals surface area (Å²) in [5.41, 5.74) is 0.625. The molecule has 1 amide bonds. The van der Waals surface area contributed by atoms with Crippen molar-refractivity contribution in [2.75, 3.05) is 10.0 Å². The molecule has 0 radical (unpaired) electrons. The van der Waals surface area contributed by atoms with Crippen molar-refractivity contribution in [1.82, 2.24) is 10.2 Å². The van der Waals surface area contributed by atoms with Crippen molar-refractivity contribution in [3.05, 3.63) is 65.2 Å². The molecule has 0 saturated carbocycles. The summed E-state index contributed by atoms with van der Waals surface area (Å²) >= 11 is 1.35. The van der Waals surface area contributed by atoms with E-state index in [1.807, 2.05) is 0 Å². The van der Waals surface area contributed by atoms with Crippen LogP contribution < -0.4 is 10.0 Å².